The van der Waals surface area contributed by atoms with Crippen LogP contribution in [0.1, 0.15) is 10.6 Å². The molecule has 0 spiro atoms. The highest BCUT2D eigenvalue weighted by molar-refractivity contribution is 6.02. The van der Waals surface area contributed by atoms with Gasteiger partial charge < -0.3 is 19.5 Å². The molecule has 0 aliphatic heterocycles. The van der Waals surface area contributed by atoms with E-state index in [4.69, 9.17) is 14.2 Å². The van der Waals surface area contributed by atoms with Crippen molar-refractivity contribution < 1.29 is 36.6 Å². The average molecular weight is 502 g/mol. The van der Waals surface area contributed by atoms with Gasteiger partial charge in [0.15, 0.2) is 40.6 Å². The zero-order chi connectivity index (χ0) is 26.0. The van der Waals surface area contributed by atoms with Crippen molar-refractivity contribution in [1.82, 2.24) is 14.8 Å². The molecule has 0 saturated carbocycles. The number of nitrogens with one attached hydrogen (secondary N) is 1. The van der Waals surface area contributed by atoms with Gasteiger partial charge in [-0.1, -0.05) is 6.07 Å². The molecular weight excluding hydrogens is 484 g/mol. The average Bonchev–Trinajstić information content (AvgIpc) is 3.33. The summed E-state index contributed by atoms with van der Waals surface area (Å²) in [5, 5.41) is 6.30. The Balaban J connectivity index is 1.87. The Labute approximate surface area is 202 Å². The third kappa shape index (κ3) is 4.52. The predicted molar refractivity (Wildman–Crippen MR) is 121 cm³/mol. The van der Waals surface area contributed by atoms with E-state index < -0.39 is 40.7 Å². The van der Waals surface area contributed by atoms with Gasteiger partial charge in [0.25, 0.3) is 5.91 Å². The molecule has 1 N–H and O–H groups in total. The highest BCUT2D eigenvalue weighted by Crippen LogP contribution is 2.41. The van der Waals surface area contributed by atoms with Crippen molar-refractivity contribution in [1.29, 1.82) is 0 Å². The maximum Gasteiger partial charge on any atom is 0.295 e. The molecule has 0 unspecified atom stereocenters. The number of carbonyl (C=O) groups is 1. The second-order valence-electron chi connectivity index (χ2n) is 7.24. The van der Waals surface area contributed by atoms with Crippen LogP contribution < -0.4 is 19.5 Å². The summed E-state index contributed by atoms with van der Waals surface area (Å²) in [4.78, 5) is 17.1. The summed E-state index contributed by atoms with van der Waals surface area (Å²) >= 11 is 0. The summed E-state index contributed by atoms with van der Waals surface area (Å²) in [6, 6.07) is 9.25. The number of hydrogen-bond acceptors (Lipinski definition) is 6. The van der Waals surface area contributed by atoms with Crippen LogP contribution >= 0.6 is 0 Å². The molecule has 0 aliphatic rings. The van der Waals surface area contributed by atoms with Crippen molar-refractivity contribution in [3.05, 3.63) is 77.6 Å². The Morgan fingerprint density at radius 1 is 0.861 bits per heavy atom. The first-order valence-corrected chi connectivity index (χ1v) is 10.3. The standard InChI is InChI=1S/C24H18F4N4O4/c1-34-18-9-12(10-19(35-2)21(18)36-3)23-30-22(24(33)29-17-6-4-5-15(26)20(17)28)31-32(23)13-7-8-14(25)16(27)11-13/h4-11H,1-3H3,(H,29,33). The lowest BCUT2D eigenvalue weighted by Crippen LogP contribution is -2.15. The first kappa shape index (κ1) is 24.5. The van der Waals surface area contributed by atoms with E-state index in [1.54, 1.807) is 0 Å². The Morgan fingerprint density at radius 3 is 2.17 bits per heavy atom. The molecule has 0 aliphatic carbocycles. The number of carbonyl (C=O) groups excluding carboxylic acids is 1. The molecule has 1 aromatic heterocycles. The van der Waals surface area contributed by atoms with Gasteiger partial charge >= 0.3 is 0 Å². The molecule has 3 aromatic carbocycles. The summed E-state index contributed by atoms with van der Waals surface area (Å²) in [5.74, 6) is -5.34. The SMILES string of the molecule is COc1cc(-c2nc(C(=O)Nc3cccc(F)c3F)nn2-c2ccc(F)c(F)c2)cc(OC)c1OC. The summed E-state index contributed by atoms with van der Waals surface area (Å²) in [7, 11) is 4.21. The number of hydrogen-bond donors (Lipinski definition) is 1. The number of methoxy groups -OCH3 is 3. The summed E-state index contributed by atoms with van der Waals surface area (Å²) in [5.41, 5.74) is -0.0997. The van der Waals surface area contributed by atoms with Crippen molar-refractivity contribution >= 4 is 11.6 Å². The Kier molecular flexibility index (Phi) is 6.77. The first-order valence-electron chi connectivity index (χ1n) is 10.3. The maximum atomic E-state index is 14.1. The topological polar surface area (TPSA) is 87.5 Å². The molecule has 0 radical (unpaired) electrons. The number of ether oxygens (including phenoxy) is 3. The van der Waals surface area contributed by atoms with Crippen molar-refractivity contribution in [3.63, 3.8) is 0 Å². The lowest BCUT2D eigenvalue weighted by Gasteiger charge is -2.14. The van der Waals surface area contributed by atoms with Crippen LogP contribution in [0.3, 0.4) is 0 Å². The molecular formula is C24H18F4N4O4. The van der Waals surface area contributed by atoms with Crippen LogP contribution in [0.5, 0.6) is 17.2 Å². The van der Waals surface area contributed by atoms with Crippen molar-refractivity contribution in [3.8, 4) is 34.3 Å². The van der Waals surface area contributed by atoms with E-state index in [1.165, 1.54) is 45.6 Å². The number of aromatic nitrogens is 3. The summed E-state index contributed by atoms with van der Waals surface area (Å²) in [6.45, 7) is 0. The zero-order valence-corrected chi connectivity index (χ0v) is 19.1. The van der Waals surface area contributed by atoms with Crippen LogP contribution in [0.25, 0.3) is 17.1 Å². The third-order valence-electron chi connectivity index (χ3n) is 5.08. The second-order valence-corrected chi connectivity index (χ2v) is 7.24. The molecule has 12 heteroatoms. The molecule has 8 nitrogen and oxygen atoms in total. The number of anilines is 1. The van der Waals surface area contributed by atoms with Crippen LogP contribution in [-0.2, 0) is 0 Å². The number of halogens is 4. The van der Waals surface area contributed by atoms with Crippen LogP contribution in [-0.4, -0.2) is 42.0 Å². The van der Waals surface area contributed by atoms with E-state index in [1.807, 2.05) is 0 Å². The molecule has 0 atom stereocenters. The van der Waals surface area contributed by atoms with Gasteiger partial charge in [-0.05, 0) is 36.4 Å². The highest BCUT2D eigenvalue weighted by Gasteiger charge is 2.23. The fraction of sp³-hybridized carbons (Fsp3) is 0.125. The Bertz CT molecular complexity index is 1430. The number of amides is 1. The molecule has 1 amide bonds. The Hall–Kier alpha value is -4.61. The molecule has 1 heterocycles. The van der Waals surface area contributed by atoms with Gasteiger partial charge in [0.2, 0.25) is 11.6 Å². The van der Waals surface area contributed by atoms with Gasteiger partial charge in [-0.2, -0.15) is 0 Å². The van der Waals surface area contributed by atoms with Crippen molar-refractivity contribution in [2.45, 2.75) is 0 Å². The maximum absolute atomic E-state index is 14.1. The van der Waals surface area contributed by atoms with Crippen molar-refractivity contribution in [2.75, 3.05) is 26.6 Å². The normalized spacial score (nSPS) is 10.8. The summed E-state index contributed by atoms with van der Waals surface area (Å²) in [6.07, 6.45) is 0. The molecule has 4 rings (SSSR count). The molecule has 4 aromatic rings. The fourth-order valence-corrected chi connectivity index (χ4v) is 3.38. The fourth-order valence-electron chi connectivity index (χ4n) is 3.38. The quantitative estimate of drug-likeness (QED) is 0.367. The minimum atomic E-state index is -1.27. The van der Waals surface area contributed by atoms with Crippen LogP contribution in [0.2, 0.25) is 0 Å². The summed E-state index contributed by atoms with van der Waals surface area (Å²) < 4.78 is 72.3. The van der Waals surface area contributed by atoms with E-state index in [0.717, 1.165) is 28.9 Å². The monoisotopic (exact) mass is 502 g/mol. The lowest BCUT2D eigenvalue weighted by molar-refractivity contribution is 0.101. The van der Waals surface area contributed by atoms with Crippen LogP contribution in [0.4, 0.5) is 23.2 Å². The molecule has 0 bridgehead atoms. The van der Waals surface area contributed by atoms with Crippen molar-refractivity contribution in [2.24, 2.45) is 0 Å². The van der Waals surface area contributed by atoms with E-state index in [-0.39, 0.29) is 28.8 Å². The predicted octanol–water partition coefficient (Wildman–Crippen LogP) is 4.77. The van der Waals surface area contributed by atoms with E-state index in [2.05, 4.69) is 15.4 Å². The smallest absolute Gasteiger partial charge is 0.295 e. The molecule has 186 valence electrons. The third-order valence-corrected chi connectivity index (χ3v) is 5.08. The minimum absolute atomic E-state index is 0.00475. The number of rotatable bonds is 7. The van der Waals surface area contributed by atoms with Gasteiger partial charge in [0.1, 0.15) is 0 Å². The van der Waals surface area contributed by atoms with Gasteiger partial charge in [-0.25, -0.2) is 27.2 Å². The van der Waals surface area contributed by atoms with Crippen LogP contribution in [0, 0.1) is 23.3 Å². The number of nitrogens with zero attached hydrogens (tertiary/aromatic N) is 3. The van der Waals surface area contributed by atoms with Gasteiger partial charge in [-0.15, -0.1) is 5.10 Å². The van der Waals surface area contributed by atoms with E-state index in [9.17, 15) is 22.4 Å². The van der Waals surface area contributed by atoms with Gasteiger partial charge in [0.05, 0.1) is 32.7 Å². The van der Waals surface area contributed by atoms with Gasteiger partial charge in [-0.3, -0.25) is 4.79 Å². The van der Waals surface area contributed by atoms with E-state index >= 15 is 0 Å². The molecule has 36 heavy (non-hydrogen) atoms. The van der Waals surface area contributed by atoms with E-state index in [0.29, 0.717) is 5.56 Å². The Morgan fingerprint density at radius 2 is 1.56 bits per heavy atom. The second kappa shape index (κ2) is 9.94. The number of benzene rings is 3. The largest absolute Gasteiger partial charge is 0.493 e. The lowest BCUT2D eigenvalue weighted by atomic mass is 10.1. The van der Waals surface area contributed by atoms with Gasteiger partial charge in [0, 0.05) is 11.6 Å². The molecule has 0 fully saturated rings. The zero-order valence-electron chi connectivity index (χ0n) is 19.1. The molecule has 0 saturated heterocycles. The van der Waals surface area contributed by atoms with Crippen LogP contribution in [0.15, 0.2) is 48.5 Å². The minimum Gasteiger partial charge on any atom is -0.493 e. The highest BCUT2D eigenvalue weighted by atomic mass is 19.2. The first-order chi connectivity index (χ1) is 17.3.